The van der Waals surface area contributed by atoms with Crippen molar-refractivity contribution in [3.05, 3.63) is 16.1 Å². The van der Waals surface area contributed by atoms with Gasteiger partial charge in [0.25, 0.3) is 0 Å². The van der Waals surface area contributed by atoms with Gasteiger partial charge in [-0.1, -0.05) is 13.8 Å². The zero-order valence-electron chi connectivity index (χ0n) is 15.5. The van der Waals surface area contributed by atoms with Crippen LogP contribution < -0.4 is 10.6 Å². The van der Waals surface area contributed by atoms with Crippen molar-refractivity contribution in [2.75, 3.05) is 32.7 Å². The second-order valence-corrected chi connectivity index (χ2v) is 7.77. The molecule has 0 saturated carbocycles. The number of likely N-dealkylation sites (tertiary alicyclic amines) is 1. The fourth-order valence-electron chi connectivity index (χ4n) is 2.87. The van der Waals surface area contributed by atoms with Gasteiger partial charge in [0.2, 0.25) is 0 Å². The summed E-state index contributed by atoms with van der Waals surface area (Å²) in [4.78, 5) is 13.0. The molecule has 0 amide bonds. The van der Waals surface area contributed by atoms with Crippen molar-refractivity contribution in [2.24, 2.45) is 10.9 Å². The van der Waals surface area contributed by atoms with E-state index in [1.807, 2.05) is 6.20 Å². The molecule has 0 atom stereocenters. The van der Waals surface area contributed by atoms with Crippen LogP contribution in [0, 0.1) is 5.92 Å². The number of nitrogens with one attached hydrogen (secondary N) is 2. The minimum absolute atomic E-state index is 0.657. The minimum atomic E-state index is 0.657. The van der Waals surface area contributed by atoms with Crippen molar-refractivity contribution in [3.8, 4) is 0 Å². The average Bonchev–Trinajstić information content (AvgIpc) is 3.06. The second-order valence-electron chi connectivity index (χ2n) is 6.57. The monoisotopic (exact) mass is 351 g/mol. The molecular weight excluding hydrogens is 318 g/mol. The van der Waals surface area contributed by atoms with Gasteiger partial charge >= 0.3 is 0 Å². The topological polar surface area (TPSA) is 52.6 Å². The Labute approximate surface area is 151 Å². The van der Waals surface area contributed by atoms with E-state index in [9.17, 15) is 0 Å². The third-order valence-electron chi connectivity index (χ3n) is 4.49. The molecule has 1 aliphatic rings. The number of hydrogen-bond acceptors (Lipinski definition) is 4. The maximum Gasteiger partial charge on any atom is 0.191 e. The Hall–Kier alpha value is -1.14. The Morgan fingerprint density at radius 2 is 2.12 bits per heavy atom. The molecule has 1 fully saturated rings. The van der Waals surface area contributed by atoms with Gasteiger partial charge in [0, 0.05) is 24.2 Å². The largest absolute Gasteiger partial charge is 0.357 e. The Balaban J connectivity index is 1.69. The van der Waals surface area contributed by atoms with Gasteiger partial charge in [-0.2, -0.15) is 0 Å². The van der Waals surface area contributed by atoms with E-state index in [0.29, 0.717) is 6.54 Å². The molecule has 24 heavy (non-hydrogen) atoms. The van der Waals surface area contributed by atoms with Crippen LogP contribution in [-0.4, -0.2) is 48.6 Å². The summed E-state index contributed by atoms with van der Waals surface area (Å²) in [7, 11) is 0. The van der Waals surface area contributed by atoms with Gasteiger partial charge in [0.1, 0.15) is 5.01 Å². The number of aliphatic imine (C=N–C) groups is 1. The molecule has 1 saturated heterocycles. The highest BCUT2D eigenvalue weighted by Gasteiger charge is 2.14. The van der Waals surface area contributed by atoms with Crippen molar-refractivity contribution in [2.45, 2.75) is 53.0 Å². The molecule has 1 aliphatic heterocycles. The molecule has 5 nitrogen and oxygen atoms in total. The van der Waals surface area contributed by atoms with Crippen molar-refractivity contribution in [1.82, 2.24) is 20.5 Å². The Kier molecular flexibility index (Phi) is 8.53. The van der Waals surface area contributed by atoms with Crippen LogP contribution in [0.2, 0.25) is 0 Å². The Bertz CT molecular complexity index is 491. The summed E-state index contributed by atoms with van der Waals surface area (Å²) in [5, 5.41) is 7.86. The molecule has 0 aliphatic carbocycles. The van der Waals surface area contributed by atoms with Gasteiger partial charge in [0.15, 0.2) is 5.96 Å². The van der Waals surface area contributed by atoms with E-state index in [0.717, 1.165) is 42.8 Å². The summed E-state index contributed by atoms with van der Waals surface area (Å²) >= 11 is 1.76. The zero-order valence-corrected chi connectivity index (χ0v) is 16.3. The molecular formula is C18H33N5S. The van der Waals surface area contributed by atoms with Crippen LogP contribution >= 0.6 is 11.3 Å². The number of thiazole rings is 1. The summed E-state index contributed by atoms with van der Waals surface area (Å²) in [5.41, 5.74) is 0. The van der Waals surface area contributed by atoms with Crippen molar-refractivity contribution < 1.29 is 0 Å². The van der Waals surface area contributed by atoms with Crippen LogP contribution in [-0.2, 0) is 13.0 Å². The summed E-state index contributed by atoms with van der Waals surface area (Å²) in [6.07, 6.45) is 6.89. The van der Waals surface area contributed by atoms with Crippen LogP contribution in [0.4, 0.5) is 0 Å². The number of piperidine rings is 1. The van der Waals surface area contributed by atoms with E-state index < -0.39 is 0 Å². The lowest BCUT2D eigenvalue weighted by Crippen LogP contribution is -2.39. The predicted molar refractivity (Wildman–Crippen MR) is 104 cm³/mol. The highest BCUT2D eigenvalue weighted by atomic mass is 32.1. The summed E-state index contributed by atoms with van der Waals surface area (Å²) < 4.78 is 0. The fourth-order valence-corrected chi connectivity index (χ4v) is 3.66. The van der Waals surface area contributed by atoms with E-state index in [1.54, 1.807) is 11.3 Å². The second kappa shape index (κ2) is 10.7. The quantitative estimate of drug-likeness (QED) is 0.430. The molecule has 2 N–H and O–H groups in total. The zero-order chi connectivity index (χ0) is 17.2. The maximum atomic E-state index is 4.65. The molecule has 1 aromatic heterocycles. The lowest BCUT2D eigenvalue weighted by molar-refractivity contribution is 0.191. The van der Waals surface area contributed by atoms with Crippen LogP contribution in [0.25, 0.3) is 0 Å². The standard InChI is InChI=1S/C18H33N5S/c1-4-16-13-21-17(24-16)14-22-18(19-5-2)20-9-6-10-23-11-7-15(3)8-12-23/h13,15H,4-12,14H2,1-3H3,(H2,19,20,22). The molecule has 6 heteroatoms. The minimum Gasteiger partial charge on any atom is -0.357 e. The SMILES string of the molecule is CCNC(=NCc1ncc(CC)s1)NCCCN1CCC(C)CC1. The number of hydrogen-bond donors (Lipinski definition) is 2. The first-order valence-electron chi connectivity index (χ1n) is 9.39. The first kappa shape index (κ1) is 19.2. The van der Waals surface area contributed by atoms with Crippen LogP contribution in [0.3, 0.4) is 0 Å². The normalized spacial score (nSPS) is 17.2. The average molecular weight is 352 g/mol. The number of aryl methyl sites for hydroxylation is 1. The van der Waals surface area contributed by atoms with Crippen LogP contribution in [0.5, 0.6) is 0 Å². The number of guanidine groups is 1. The van der Waals surface area contributed by atoms with Crippen LogP contribution in [0.1, 0.15) is 49.9 Å². The first-order valence-corrected chi connectivity index (χ1v) is 10.2. The highest BCUT2D eigenvalue weighted by molar-refractivity contribution is 7.11. The van der Waals surface area contributed by atoms with Gasteiger partial charge in [-0.25, -0.2) is 9.98 Å². The first-order chi connectivity index (χ1) is 11.7. The van der Waals surface area contributed by atoms with Crippen molar-refractivity contribution in [1.29, 1.82) is 0 Å². The lowest BCUT2D eigenvalue weighted by Gasteiger charge is -2.30. The Morgan fingerprint density at radius 1 is 1.33 bits per heavy atom. The number of aromatic nitrogens is 1. The molecule has 0 radical (unpaired) electrons. The smallest absolute Gasteiger partial charge is 0.191 e. The number of nitrogens with zero attached hydrogens (tertiary/aromatic N) is 3. The third kappa shape index (κ3) is 6.77. The fraction of sp³-hybridized carbons (Fsp3) is 0.778. The molecule has 0 bridgehead atoms. The predicted octanol–water partition coefficient (Wildman–Crippen LogP) is 2.88. The van der Waals surface area contributed by atoms with Gasteiger partial charge in [-0.15, -0.1) is 11.3 Å². The van der Waals surface area contributed by atoms with Crippen molar-refractivity contribution in [3.63, 3.8) is 0 Å². The van der Waals surface area contributed by atoms with E-state index in [4.69, 9.17) is 0 Å². The summed E-state index contributed by atoms with van der Waals surface area (Å²) in [6, 6.07) is 0. The van der Waals surface area contributed by atoms with Gasteiger partial charge < -0.3 is 15.5 Å². The van der Waals surface area contributed by atoms with E-state index in [2.05, 4.69) is 46.3 Å². The summed E-state index contributed by atoms with van der Waals surface area (Å²) in [6.45, 7) is 12.8. The third-order valence-corrected chi connectivity index (χ3v) is 5.61. The molecule has 2 rings (SSSR count). The molecule has 136 valence electrons. The Morgan fingerprint density at radius 3 is 2.79 bits per heavy atom. The maximum absolute atomic E-state index is 4.65. The van der Waals surface area contributed by atoms with E-state index in [-0.39, 0.29) is 0 Å². The summed E-state index contributed by atoms with van der Waals surface area (Å²) in [5.74, 6) is 1.81. The van der Waals surface area contributed by atoms with E-state index in [1.165, 1.54) is 37.4 Å². The van der Waals surface area contributed by atoms with Gasteiger partial charge in [0.05, 0.1) is 6.54 Å². The van der Waals surface area contributed by atoms with Gasteiger partial charge in [-0.3, -0.25) is 0 Å². The van der Waals surface area contributed by atoms with Gasteiger partial charge in [-0.05, 0) is 58.2 Å². The van der Waals surface area contributed by atoms with Crippen molar-refractivity contribution >= 4 is 17.3 Å². The molecule has 0 aromatic carbocycles. The lowest BCUT2D eigenvalue weighted by atomic mass is 9.99. The number of rotatable bonds is 8. The molecule has 0 unspecified atom stereocenters. The molecule has 2 heterocycles. The molecule has 1 aromatic rings. The highest BCUT2D eigenvalue weighted by Crippen LogP contribution is 2.16. The van der Waals surface area contributed by atoms with E-state index >= 15 is 0 Å². The molecule has 0 spiro atoms. The van der Waals surface area contributed by atoms with Crippen LogP contribution in [0.15, 0.2) is 11.2 Å².